The molecule has 1 atom stereocenters. The molecule has 1 aliphatic rings. The van der Waals surface area contributed by atoms with E-state index in [1.165, 1.54) is 0 Å². The number of ether oxygens (including phenoxy) is 2. The Hall–Kier alpha value is -1.69. The van der Waals surface area contributed by atoms with Gasteiger partial charge in [-0.25, -0.2) is 4.79 Å². The molecule has 0 radical (unpaired) electrons. The van der Waals surface area contributed by atoms with E-state index in [9.17, 15) is 9.90 Å². The largest absolute Gasteiger partial charge is 0.477 e. The van der Waals surface area contributed by atoms with E-state index in [1.54, 1.807) is 0 Å². The molecule has 0 saturated carbocycles. The minimum atomic E-state index is -1.01. The molecule has 6 heteroatoms. The second-order valence-electron chi connectivity index (χ2n) is 4.86. The maximum absolute atomic E-state index is 11.5. The number of rotatable bonds is 6. The fourth-order valence-electron chi connectivity index (χ4n) is 2.39. The first-order valence-corrected chi connectivity index (χ1v) is 6.99. The van der Waals surface area contributed by atoms with E-state index in [0.29, 0.717) is 37.5 Å². The van der Waals surface area contributed by atoms with Crippen molar-refractivity contribution >= 4 is 5.97 Å². The Morgan fingerprint density at radius 2 is 2.20 bits per heavy atom. The third kappa shape index (κ3) is 3.07. The Bertz CT molecular complexity index is 484. The number of aromatic carboxylic acids is 1. The van der Waals surface area contributed by atoms with Crippen LogP contribution in [0.4, 0.5) is 0 Å². The van der Waals surface area contributed by atoms with Crippen LogP contribution in [0.1, 0.15) is 41.9 Å². The highest BCUT2D eigenvalue weighted by Crippen LogP contribution is 2.24. The Morgan fingerprint density at radius 1 is 1.40 bits per heavy atom. The van der Waals surface area contributed by atoms with Crippen LogP contribution < -0.4 is 4.74 Å². The molecule has 110 valence electrons. The predicted molar refractivity (Wildman–Crippen MR) is 72.2 cm³/mol. The Morgan fingerprint density at radius 3 is 2.75 bits per heavy atom. The summed E-state index contributed by atoms with van der Waals surface area (Å²) in [5, 5.41) is 17.5. The van der Waals surface area contributed by atoms with Crippen LogP contribution in [0, 0.1) is 5.92 Å². The number of hydrogen-bond donors (Lipinski definition) is 1. The quantitative estimate of drug-likeness (QED) is 0.854. The van der Waals surface area contributed by atoms with E-state index in [-0.39, 0.29) is 11.4 Å². The normalized spacial score (nSPS) is 18.2. The van der Waals surface area contributed by atoms with Gasteiger partial charge in [-0.05, 0) is 24.8 Å². The summed E-state index contributed by atoms with van der Waals surface area (Å²) >= 11 is 0. The molecule has 1 fully saturated rings. The van der Waals surface area contributed by atoms with Crippen molar-refractivity contribution in [3.05, 3.63) is 16.8 Å². The minimum absolute atomic E-state index is 0.124. The fraction of sp³-hybridized carbons (Fsp3) is 0.643. The van der Waals surface area contributed by atoms with Gasteiger partial charge in [-0.2, -0.15) is 5.10 Å². The van der Waals surface area contributed by atoms with Crippen LogP contribution in [0.15, 0.2) is 0 Å². The van der Waals surface area contributed by atoms with E-state index in [0.717, 1.165) is 18.7 Å². The molecular formula is C14H20N2O4. The zero-order valence-corrected chi connectivity index (χ0v) is 11.9. The van der Waals surface area contributed by atoms with Crippen LogP contribution in [0.2, 0.25) is 0 Å². The zero-order valence-electron chi connectivity index (χ0n) is 11.9. The average Bonchev–Trinajstić information content (AvgIpc) is 2.96. The first-order chi connectivity index (χ1) is 9.67. The van der Waals surface area contributed by atoms with Gasteiger partial charge in [0.25, 0.3) is 0 Å². The van der Waals surface area contributed by atoms with Crippen molar-refractivity contribution in [2.45, 2.75) is 33.1 Å². The number of hydrogen-bond acceptors (Lipinski definition) is 5. The molecule has 20 heavy (non-hydrogen) atoms. The van der Waals surface area contributed by atoms with Crippen molar-refractivity contribution < 1.29 is 19.4 Å². The number of carboxylic acids is 1. The summed E-state index contributed by atoms with van der Waals surface area (Å²) in [4.78, 5) is 11.5. The minimum Gasteiger partial charge on any atom is -0.477 e. The molecule has 0 aliphatic carbocycles. The van der Waals surface area contributed by atoms with Gasteiger partial charge in [0.1, 0.15) is 5.56 Å². The molecule has 0 bridgehead atoms. The van der Waals surface area contributed by atoms with Gasteiger partial charge >= 0.3 is 5.97 Å². The van der Waals surface area contributed by atoms with Gasteiger partial charge in [-0.1, -0.05) is 13.8 Å². The maximum Gasteiger partial charge on any atom is 0.341 e. The van der Waals surface area contributed by atoms with E-state index < -0.39 is 5.97 Å². The lowest BCUT2D eigenvalue weighted by Gasteiger charge is -2.14. The Labute approximate surface area is 118 Å². The van der Waals surface area contributed by atoms with Crippen LogP contribution in [0.25, 0.3) is 0 Å². The summed E-state index contributed by atoms with van der Waals surface area (Å²) in [7, 11) is 0. The maximum atomic E-state index is 11.5. The van der Waals surface area contributed by atoms with E-state index in [4.69, 9.17) is 9.47 Å². The highest BCUT2D eigenvalue weighted by atomic mass is 16.5. The molecule has 1 saturated heterocycles. The van der Waals surface area contributed by atoms with Crippen molar-refractivity contribution in [3.63, 3.8) is 0 Å². The van der Waals surface area contributed by atoms with Crippen LogP contribution in [0.3, 0.4) is 0 Å². The van der Waals surface area contributed by atoms with Crippen LogP contribution in [0.5, 0.6) is 5.88 Å². The first-order valence-electron chi connectivity index (χ1n) is 6.99. The van der Waals surface area contributed by atoms with Gasteiger partial charge in [0.05, 0.1) is 18.9 Å². The SMILES string of the molecule is CCc1nnc(OCC2CCOC2)c(C(=O)O)c1CC. The van der Waals surface area contributed by atoms with Crippen molar-refractivity contribution in [1.29, 1.82) is 0 Å². The number of nitrogens with zero attached hydrogens (tertiary/aromatic N) is 2. The zero-order chi connectivity index (χ0) is 14.5. The monoisotopic (exact) mass is 280 g/mol. The summed E-state index contributed by atoms with van der Waals surface area (Å²) in [6.45, 7) is 5.66. The van der Waals surface area contributed by atoms with Crippen molar-refractivity contribution in [3.8, 4) is 5.88 Å². The second-order valence-corrected chi connectivity index (χ2v) is 4.86. The fourth-order valence-corrected chi connectivity index (χ4v) is 2.39. The summed E-state index contributed by atoms with van der Waals surface area (Å²) < 4.78 is 10.9. The van der Waals surface area contributed by atoms with E-state index in [2.05, 4.69) is 10.2 Å². The first kappa shape index (κ1) is 14.7. The van der Waals surface area contributed by atoms with E-state index in [1.807, 2.05) is 13.8 Å². The highest BCUT2D eigenvalue weighted by Gasteiger charge is 2.23. The van der Waals surface area contributed by atoms with Gasteiger partial charge in [0.15, 0.2) is 0 Å². The van der Waals surface area contributed by atoms with Crippen LogP contribution in [-0.2, 0) is 17.6 Å². The second kappa shape index (κ2) is 6.65. The predicted octanol–water partition coefficient (Wildman–Crippen LogP) is 1.71. The van der Waals surface area contributed by atoms with Gasteiger partial charge in [0.2, 0.25) is 5.88 Å². The third-order valence-electron chi connectivity index (χ3n) is 3.51. The van der Waals surface area contributed by atoms with Crippen molar-refractivity contribution in [2.75, 3.05) is 19.8 Å². The Kier molecular flexibility index (Phi) is 4.89. The third-order valence-corrected chi connectivity index (χ3v) is 3.51. The smallest absolute Gasteiger partial charge is 0.341 e. The molecule has 1 unspecified atom stereocenters. The number of carboxylic acid groups (broad SMARTS) is 1. The van der Waals surface area contributed by atoms with Gasteiger partial charge in [-0.15, -0.1) is 5.10 Å². The molecule has 1 N–H and O–H groups in total. The molecule has 2 rings (SSSR count). The molecule has 0 amide bonds. The van der Waals surface area contributed by atoms with Gasteiger partial charge in [-0.3, -0.25) is 0 Å². The summed E-state index contributed by atoms with van der Waals surface area (Å²) in [5.74, 6) is -0.586. The summed E-state index contributed by atoms with van der Waals surface area (Å²) in [6.07, 6.45) is 2.19. The molecule has 1 aromatic rings. The number of aryl methyl sites for hydroxylation is 1. The molecule has 1 aromatic heterocycles. The molecule has 0 spiro atoms. The van der Waals surface area contributed by atoms with Crippen LogP contribution in [-0.4, -0.2) is 41.1 Å². The topological polar surface area (TPSA) is 81.5 Å². The standard InChI is InChI=1S/C14H20N2O4/c1-3-10-11(4-2)15-16-13(12(10)14(17)18)20-8-9-5-6-19-7-9/h9H,3-8H2,1-2H3,(H,17,18). The van der Waals surface area contributed by atoms with Gasteiger partial charge < -0.3 is 14.6 Å². The lowest BCUT2D eigenvalue weighted by molar-refractivity contribution is 0.0687. The number of aromatic nitrogens is 2. The molecule has 2 heterocycles. The van der Waals surface area contributed by atoms with Crippen molar-refractivity contribution in [2.24, 2.45) is 5.92 Å². The molecule has 1 aliphatic heterocycles. The lowest BCUT2D eigenvalue weighted by Crippen LogP contribution is -2.17. The summed E-state index contributed by atoms with van der Waals surface area (Å²) in [5.41, 5.74) is 1.59. The summed E-state index contributed by atoms with van der Waals surface area (Å²) in [6, 6.07) is 0. The molecule has 0 aromatic carbocycles. The van der Waals surface area contributed by atoms with Crippen LogP contribution >= 0.6 is 0 Å². The highest BCUT2D eigenvalue weighted by molar-refractivity contribution is 5.92. The van der Waals surface area contributed by atoms with Gasteiger partial charge in [0, 0.05) is 12.5 Å². The average molecular weight is 280 g/mol. The van der Waals surface area contributed by atoms with E-state index >= 15 is 0 Å². The molecule has 6 nitrogen and oxygen atoms in total. The Balaban J connectivity index is 2.24. The molecular weight excluding hydrogens is 260 g/mol. The number of carbonyl (C=O) groups is 1. The van der Waals surface area contributed by atoms with Crippen molar-refractivity contribution in [1.82, 2.24) is 10.2 Å². The lowest BCUT2D eigenvalue weighted by atomic mass is 10.0.